The van der Waals surface area contributed by atoms with Crippen molar-refractivity contribution in [3.63, 3.8) is 0 Å². The molecule has 0 fully saturated rings. The van der Waals surface area contributed by atoms with Gasteiger partial charge in [-0.05, 0) is 48.5 Å². The second-order valence-corrected chi connectivity index (χ2v) is 7.20. The first-order valence-electron chi connectivity index (χ1n) is 9.71. The van der Waals surface area contributed by atoms with E-state index >= 15 is 0 Å². The van der Waals surface area contributed by atoms with Gasteiger partial charge in [-0.2, -0.15) is 13.2 Å². The number of halogens is 3. The topological polar surface area (TPSA) is 95.4 Å². The Morgan fingerprint density at radius 1 is 1.19 bits per heavy atom. The summed E-state index contributed by atoms with van der Waals surface area (Å²) in [6.07, 6.45) is 2.70. The number of hydrogen-bond acceptors (Lipinski definition) is 6. The molecule has 31 heavy (non-hydrogen) atoms. The Morgan fingerprint density at radius 2 is 1.97 bits per heavy atom. The molecule has 0 amide bonds. The van der Waals surface area contributed by atoms with Crippen LogP contribution in [0, 0.1) is 0 Å². The molecular weight excluding hydrogens is 409 g/mol. The summed E-state index contributed by atoms with van der Waals surface area (Å²) in [5, 5.41) is 3.15. The highest BCUT2D eigenvalue weighted by atomic mass is 19.4. The highest BCUT2D eigenvalue weighted by Crippen LogP contribution is 2.38. The first-order valence-corrected chi connectivity index (χ1v) is 9.71. The average molecular weight is 434 g/mol. The number of alkyl halides is 3. The monoisotopic (exact) mass is 434 g/mol. The SMILES string of the molecule is CCC(c1ccc(OCc2ccc(C(F)(F)F)nc2)c(OC)c1)C1(N)NC=CC=C1N. The summed E-state index contributed by atoms with van der Waals surface area (Å²) in [5.74, 6) is 0.788. The number of ether oxygens (including phenoxy) is 2. The van der Waals surface area contributed by atoms with E-state index in [4.69, 9.17) is 20.9 Å². The fourth-order valence-electron chi connectivity index (χ4n) is 3.54. The molecule has 0 aliphatic carbocycles. The van der Waals surface area contributed by atoms with Gasteiger partial charge in [0.2, 0.25) is 0 Å². The van der Waals surface area contributed by atoms with Crippen LogP contribution in [0.5, 0.6) is 11.5 Å². The van der Waals surface area contributed by atoms with Crippen molar-refractivity contribution in [2.24, 2.45) is 11.5 Å². The fraction of sp³-hybridized carbons (Fsp3) is 0.318. The molecule has 1 aliphatic rings. The molecule has 5 N–H and O–H groups in total. The number of rotatable bonds is 7. The van der Waals surface area contributed by atoms with E-state index in [-0.39, 0.29) is 12.5 Å². The van der Waals surface area contributed by atoms with E-state index in [1.807, 2.05) is 19.1 Å². The summed E-state index contributed by atoms with van der Waals surface area (Å²) in [4.78, 5) is 3.44. The van der Waals surface area contributed by atoms with E-state index in [0.717, 1.165) is 17.8 Å². The van der Waals surface area contributed by atoms with Crippen LogP contribution in [0.25, 0.3) is 0 Å². The third-order valence-electron chi connectivity index (χ3n) is 5.23. The number of nitrogens with two attached hydrogens (primary N) is 2. The van der Waals surface area contributed by atoms with E-state index in [9.17, 15) is 13.2 Å². The van der Waals surface area contributed by atoms with Crippen molar-refractivity contribution < 1.29 is 22.6 Å². The molecule has 0 spiro atoms. The van der Waals surface area contributed by atoms with Crippen LogP contribution in [-0.2, 0) is 12.8 Å². The maximum absolute atomic E-state index is 12.6. The molecule has 166 valence electrons. The zero-order chi connectivity index (χ0) is 22.6. The van der Waals surface area contributed by atoms with Crippen LogP contribution in [0.2, 0.25) is 0 Å². The van der Waals surface area contributed by atoms with Crippen LogP contribution in [-0.4, -0.2) is 17.8 Å². The number of nitrogens with one attached hydrogen (secondary N) is 1. The van der Waals surface area contributed by atoms with Crippen molar-refractivity contribution in [2.45, 2.75) is 37.7 Å². The first-order chi connectivity index (χ1) is 14.7. The van der Waals surface area contributed by atoms with Crippen LogP contribution in [0.15, 0.2) is 60.6 Å². The summed E-state index contributed by atoms with van der Waals surface area (Å²) in [7, 11) is 1.51. The Balaban J connectivity index is 1.78. The standard InChI is InChI=1S/C22H25F3N4O2/c1-3-16(21(27)19(26)5-4-10-29-21)15-7-8-17(18(11-15)30-2)31-13-14-6-9-20(28-12-14)22(23,24)25/h4-12,16,29H,3,13,26-27H2,1-2H3. The number of dihydropyridines is 1. The van der Waals surface area contributed by atoms with E-state index in [2.05, 4.69) is 10.3 Å². The van der Waals surface area contributed by atoms with Gasteiger partial charge >= 0.3 is 6.18 Å². The van der Waals surface area contributed by atoms with Crippen LogP contribution in [0.3, 0.4) is 0 Å². The van der Waals surface area contributed by atoms with Gasteiger partial charge in [0.1, 0.15) is 18.0 Å². The lowest BCUT2D eigenvalue weighted by molar-refractivity contribution is -0.141. The molecule has 2 unspecified atom stereocenters. The van der Waals surface area contributed by atoms with E-state index < -0.39 is 17.5 Å². The molecule has 9 heteroatoms. The molecule has 3 rings (SSSR count). The normalized spacial score (nSPS) is 19.4. The zero-order valence-corrected chi connectivity index (χ0v) is 17.2. The Kier molecular flexibility index (Phi) is 6.45. The quantitative estimate of drug-likeness (QED) is 0.614. The lowest BCUT2D eigenvalue weighted by Gasteiger charge is -2.39. The molecule has 0 radical (unpaired) electrons. The number of allylic oxidation sites excluding steroid dienone is 2. The van der Waals surface area contributed by atoms with E-state index in [1.54, 1.807) is 24.4 Å². The fourth-order valence-corrected chi connectivity index (χ4v) is 3.54. The van der Waals surface area contributed by atoms with E-state index in [1.165, 1.54) is 13.2 Å². The summed E-state index contributed by atoms with van der Waals surface area (Å²) in [5.41, 5.74) is 12.8. The van der Waals surface area contributed by atoms with Crippen molar-refractivity contribution in [1.82, 2.24) is 10.3 Å². The lowest BCUT2D eigenvalue weighted by atomic mass is 9.81. The van der Waals surface area contributed by atoms with Crippen molar-refractivity contribution in [1.29, 1.82) is 0 Å². The second-order valence-electron chi connectivity index (χ2n) is 7.20. The molecule has 0 bridgehead atoms. The van der Waals surface area contributed by atoms with Crippen LogP contribution >= 0.6 is 0 Å². The molecule has 1 aliphatic heterocycles. The minimum absolute atomic E-state index is 0.0426. The molecule has 2 heterocycles. The number of pyridine rings is 1. The Hall–Kier alpha value is -3.20. The minimum Gasteiger partial charge on any atom is -0.493 e. The Morgan fingerprint density at radius 3 is 2.55 bits per heavy atom. The maximum atomic E-state index is 12.6. The Labute approximate surface area is 178 Å². The van der Waals surface area contributed by atoms with Crippen molar-refractivity contribution in [3.8, 4) is 11.5 Å². The highest BCUT2D eigenvalue weighted by Gasteiger charge is 2.38. The number of methoxy groups -OCH3 is 1. The largest absolute Gasteiger partial charge is 0.493 e. The smallest absolute Gasteiger partial charge is 0.433 e. The lowest BCUT2D eigenvalue weighted by Crippen LogP contribution is -2.60. The van der Waals surface area contributed by atoms with Gasteiger partial charge in [-0.15, -0.1) is 0 Å². The van der Waals surface area contributed by atoms with Crippen molar-refractivity contribution in [2.75, 3.05) is 7.11 Å². The zero-order valence-electron chi connectivity index (χ0n) is 17.2. The Bertz CT molecular complexity index is 974. The van der Waals surface area contributed by atoms with Crippen LogP contribution in [0.1, 0.15) is 36.1 Å². The molecule has 6 nitrogen and oxygen atoms in total. The number of hydrogen-bond donors (Lipinski definition) is 3. The first kappa shape index (κ1) is 22.5. The average Bonchev–Trinajstić information content (AvgIpc) is 2.75. The summed E-state index contributed by atoms with van der Waals surface area (Å²) >= 11 is 0. The number of nitrogens with zero attached hydrogens (tertiary/aromatic N) is 1. The molecule has 1 aromatic heterocycles. The van der Waals surface area contributed by atoms with Crippen LogP contribution in [0.4, 0.5) is 13.2 Å². The summed E-state index contributed by atoms with van der Waals surface area (Å²) in [6.45, 7) is 2.06. The number of aromatic nitrogens is 1. The third-order valence-corrected chi connectivity index (χ3v) is 5.23. The molecule has 1 aromatic carbocycles. The van der Waals surface area contributed by atoms with Gasteiger partial charge in [-0.1, -0.05) is 19.1 Å². The minimum atomic E-state index is -4.48. The van der Waals surface area contributed by atoms with Gasteiger partial charge in [-0.25, -0.2) is 0 Å². The van der Waals surface area contributed by atoms with Crippen LogP contribution < -0.4 is 26.3 Å². The van der Waals surface area contributed by atoms with Crippen molar-refractivity contribution >= 4 is 0 Å². The predicted octanol–water partition coefficient (Wildman–Crippen LogP) is 3.80. The van der Waals surface area contributed by atoms with Gasteiger partial charge in [0.25, 0.3) is 0 Å². The van der Waals surface area contributed by atoms with Gasteiger partial charge in [0.05, 0.1) is 7.11 Å². The van der Waals surface area contributed by atoms with Gasteiger partial charge in [0.15, 0.2) is 11.5 Å². The predicted molar refractivity (Wildman–Crippen MR) is 111 cm³/mol. The van der Waals surface area contributed by atoms with Crippen molar-refractivity contribution in [3.05, 3.63) is 77.4 Å². The summed E-state index contributed by atoms with van der Waals surface area (Å²) < 4.78 is 49.2. The third kappa shape index (κ3) is 4.77. The molecule has 2 atom stereocenters. The van der Waals surface area contributed by atoms with Gasteiger partial charge < -0.3 is 26.3 Å². The maximum Gasteiger partial charge on any atom is 0.433 e. The van der Waals surface area contributed by atoms with Gasteiger partial charge in [0, 0.05) is 23.4 Å². The van der Waals surface area contributed by atoms with E-state index in [0.29, 0.717) is 29.2 Å². The van der Waals surface area contributed by atoms with Gasteiger partial charge in [-0.3, -0.25) is 4.98 Å². The summed E-state index contributed by atoms with van der Waals surface area (Å²) in [6, 6.07) is 7.71. The molecule has 2 aromatic rings. The molecule has 0 saturated carbocycles. The second kappa shape index (κ2) is 8.89. The molecular formula is C22H25F3N4O2. The molecule has 0 saturated heterocycles. The highest BCUT2D eigenvalue weighted by molar-refractivity contribution is 5.46. The number of benzene rings is 1.